The van der Waals surface area contributed by atoms with Gasteiger partial charge in [0.25, 0.3) is 0 Å². The Morgan fingerprint density at radius 2 is 2.30 bits per heavy atom. The van der Waals surface area contributed by atoms with E-state index in [4.69, 9.17) is 16.9 Å². The Hall–Kier alpha value is -0.280. The molecule has 3 nitrogen and oxygen atoms in total. The first-order chi connectivity index (χ1) is 4.63. The van der Waals surface area contributed by atoms with E-state index < -0.39 is 12.0 Å². The molecule has 0 bridgehead atoms. The van der Waals surface area contributed by atoms with E-state index in [1.807, 2.05) is 13.8 Å². The van der Waals surface area contributed by atoms with Gasteiger partial charge in [-0.25, -0.2) is 4.84 Å². The quantitative estimate of drug-likeness (QED) is 0.616. The molecular formula is C6H12ClNO2. The van der Waals surface area contributed by atoms with Gasteiger partial charge in [-0.15, -0.1) is 0 Å². The maximum absolute atomic E-state index is 10.4. The van der Waals surface area contributed by atoms with Gasteiger partial charge in [0, 0.05) is 0 Å². The van der Waals surface area contributed by atoms with Gasteiger partial charge in [-0.3, -0.25) is 4.79 Å². The molecule has 4 heteroatoms. The molecule has 0 aromatic heterocycles. The van der Waals surface area contributed by atoms with Crippen molar-refractivity contribution >= 4 is 17.7 Å². The van der Waals surface area contributed by atoms with Crippen molar-refractivity contribution in [1.82, 2.24) is 4.84 Å². The number of carbonyl (C=O) groups is 1. The normalized spacial score (nSPS) is 16.3. The number of hydrogen-bond acceptors (Lipinski definition) is 2. The van der Waals surface area contributed by atoms with Gasteiger partial charge in [0.15, 0.2) is 0 Å². The van der Waals surface area contributed by atoms with Crippen LogP contribution < -0.4 is 4.84 Å². The minimum atomic E-state index is -0.899. The van der Waals surface area contributed by atoms with Crippen molar-refractivity contribution in [2.75, 3.05) is 0 Å². The zero-order valence-corrected chi connectivity index (χ0v) is 6.85. The summed E-state index contributed by atoms with van der Waals surface area (Å²) >= 11 is 5.21. The maximum atomic E-state index is 10.4. The van der Waals surface area contributed by atoms with Gasteiger partial charge in [0.05, 0.1) is 0 Å². The van der Waals surface area contributed by atoms with Gasteiger partial charge in [-0.1, -0.05) is 20.3 Å². The minimum absolute atomic E-state index is 0.0648. The average Bonchev–Trinajstić information content (AvgIpc) is 1.88. The van der Waals surface area contributed by atoms with E-state index in [0.717, 1.165) is 6.42 Å². The van der Waals surface area contributed by atoms with Crippen molar-refractivity contribution in [3.63, 3.8) is 0 Å². The van der Waals surface area contributed by atoms with E-state index in [1.165, 1.54) is 0 Å². The summed E-state index contributed by atoms with van der Waals surface area (Å²) in [7, 11) is 0. The molecule has 0 radical (unpaired) electrons. The lowest BCUT2D eigenvalue weighted by atomic mass is 10.0. The molecule has 2 unspecified atom stereocenters. The predicted molar refractivity (Wildman–Crippen MR) is 39.9 cm³/mol. The predicted octanol–water partition coefficient (Wildman–Crippen LogP) is 1.23. The minimum Gasteiger partial charge on any atom is -0.480 e. The van der Waals surface area contributed by atoms with Crippen molar-refractivity contribution in [3.8, 4) is 0 Å². The summed E-state index contributed by atoms with van der Waals surface area (Å²) in [6, 6.07) is -0.633. The van der Waals surface area contributed by atoms with Crippen LogP contribution in [0.4, 0.5) is 0 Å². The fourth-order valence-corrected chi connectivity index (χ4v) is 0.942. The van der Waals surface area contributed by atoms with Gasteiger partial charge >= 0.3 is 5.97 Å². The molecule has 10 heavy (non-hydrogen) atoms. The summed E-state index contributed by atoms with van der Waals surface area (Å²) < 4.78 is 0. The molecule has 60 valence electrons. The fourth-order valence-electron chi connectivity index (χ4n) is 0.633. The Morgan fingerprint density at radius 1 is 1.80 bits per heavy atom. The molecule has 0 fully saturated rings. The summed E-state index contributed by atoms with van der Waals surface area (Å²) in [4.78, 5) is 12.6. The summed E-state index contributed by atoms with van der Waals surface area (Å²) in [5.74, 6) is -0.834. The molecule has 0 spiro atoms. The molecule has 0 aliphatic heterocycles. The third-order valence-corrected chi connectivity index (χ3v) is 1.83. The second kappa shape index (κ2) is 4.52. The van der Waals surface area contributed by atoms with Crippen molar-refractivity contribution in [3.05, 3.63) is 0 Å². The number of aliphatic carboxylic acids is 1. The van der Waals surface area contributed by atoms with Crippen LogP contribution in [0.2, 0.25) is 0 Å². The summed E-state index contributed by atoms with van der Waals surface area (Å²) in [5.41, 5.74) is 0. The van der Waals surface area contributed by atoms with E-state index in [1.54, 1.807) is 0 Å². The number of halogens is 1. The molecule has 0 aliphatic carbocycles. The Kier molecular flexibility index (Phi) is 4.40. The van der Waals surface area contributed by atoms with E-state index in [2.05, 4.69) is 4.84 Å². The van der Waals surface area contributed by atoms with Gasteiger partial charge in [-0.2, -0.15) is 0 Å². The Bertz CT molecular complexity index is 118. The van der Waals surface area contributed by atoms with Crippen LogP contribution in [0.15, 0.2) is 0 Å². The molecule has 0 heterocycles. The van der Waals surface area contributed by atoms with Crippen LogP contribution in [-0.2, 0) is 4.79 Å². The van der Waals surface area contributed by atoms with Crippen molar-refractivity contribution in [1.29, 1.82) is 0 Å². The van der Waals surface area contributed by atoms with Crippen LogP contribution in [0.3, 0.4) is 0 Å². The highest BCUT2D eigenvalue weighted by molar-refractivity contribution is 6.14. The topological polar surface area (TPSA) is 49.3 Å². The van der Waals surface area contributed by atoms with Gasteiger partial charge in [0.2, 0.25) is 0 Å². The Morgan fingerprint density at radius 3 is 2.40 bits per heavy atom. The lowest BCUT2D eigenvalue weighted by Crippen LogP contribution is -2.36. The van der Waals surface area contributed by atoms with Crippen LogP contribution in [-0.4, -0.2) is 17.1 Å². The number of carboxylic acids is 1. The van der Waals surface area contributed by atoms with Crippen LogP contribution in [0.25, 0.3) is 0 Å². The molecule has 0 aromatic rings. The fraction of sp³-hybridized carbons (Fsp3) is 0.833. The molecule has 0 rings (SSSR count). The smallest absolute Gasteiger partial charge is 0.322 e. The number of hydrogen-bond donors (Lipinski definition) is 2. The molecule has 0 saturated carbocycles. The molecule has 0 aliphatic rings. The van der Waals surface area contributed by atoms with Gasteiger partial charge < -0.3 is 5.11 Å². The molecule has 2 atom stereocenters. The van der Waals surface area contributed by atoms with Crippen LogP contribution in [0, 0.1) is 5.92 Å². The summed E-state index contributed by atoms with van der Waals surface area (Å²) in [6.45, 7) is 3.77. The molecular weight excluding hydrogens is 154 g/mol. The van der Waals surface area contributed by atoms with Crippen molar-refractivity contribution in [2.45, 2.75) is 26.3 Å². The van der Waals surface area contributed by atoms with Crippen LogP contribution >= 0.6 is 11.8 Å². The largest absolute Gasteiger partial charge is 0.480 e. The highest BCUT2D eigenvalue weighted by atomic mass is 35.5. The van der Waals surface area contributed by atoms with E-state index in [9.17, 15) is 4.79 Å². The second-order valence-electron chi connectivity index (χ2n) is 2.31. The van der Waals surface area contributed by atoms with Crippen LogP contribution in [0.5, 0.6) is 0 Å². The lowest BCUT2D eigenvalue weighted by molar-refractivity contribution is -0.140. The standard InChI is InChI=1S/C6H12ClNO2/c1-3-4(2)5(8-7)6(9)10/h4-5,8H,3H2,1-2H3,(H,9,10). The molecule has 0 aromatic carbocycles. The first-order valence-electron chi connectivity index (χ1n) is 3.22. The van der Waals surface area contributed by atoms with Crippen molar-refractivity contribution in [2.24, 2.45) is 5.92 Å². The lowest BCUT2D eigenvalue weighted by Gasteiger charge is -2.15. The zero-order valence-electron chi connectivity index (χ0n) is 6.10. The van der Waals surface area contributed by atoms with Crippen molar-refractivity contribution < 1.29 is 9.90 Å². The first-order valence-corrected chi connectivity index (χ1v) is 3.60. The number of rotatable bonds is 4. The highest BCUT2D eigenvalue weighted by Crippen LogP contribution is 2.07. The van der Waals surface area contributed by atoms with Gasteiger partial charge in [0.1, 0.15) is 6.04 Å². The summed E-state index contributed by atoms with van der Waals surface area (Å²) in [6.07, 6.45) is 0.802. The maximum Gasteiger partial charge on any atom is 0.322 e. The summed E-state index contributed by atoms with van der Waals surface area (Å²) in [5, 5.41) is 8.53. The SMILES string of the molecule is CCC(C)C(NCl)C(=O)O. The zero-order chi connectivity index (χ0) is 8.15. The Labute approximate surface area is 65.5 Å². The molecule has 2 N–H and O–H groups in total. The van der Waals surface area contributed by atoms with E-state index in [-0.39, 0.29) is 5.92 Å². The third kappa shape index (κ3) is 2.54. The van der Waals surface area contributed by atoms with Gasteiger partial charge in [-0.05, 0) is 17.7 Å². The van der Waals surface area contributed by atoms with E-state index >= 15 is 0 Å². The first kappa shape index (κ1) is 9.72. The highest BCUT2D eigenvalue weighted by Gasteiger charge is 2.21. The molecule has 0 amide bonds. The second-order valence-corrected chi connectivity index (χ2v) is 2.53. The van der Waals surface area contributed by atoms with E-state index in [0.29, 0.717) is 0 Å². The third-order valence-electron chi connectivity index (χ3n) is 1.60. The Balaban J connectivity index is 3.92. The molecule has 0 saturated heterocycles. The monoisotopic (exact) mass is 165 g/mol. The average molecular weight is 166 g/mol. The number of nitrogens with one attached hydrogen (secondary N) is 1. The van der Waals surface area contributed by atoms with Crippen LogP contribution in [0.1, 0.15) is 20.3 Å². The number of carboxylic acid groups (broad SMARTS) is 1.